The third-order valence-corrected chi connectivity index (χ3v) is 2.68. The van der Waals surface area contributed by atoms with Crippen molar-refractivity contribution in [3.05, 3.63) is 40.3 Å². The first-order chi connectivity index (χ1) is 8.63. The minimum Gasteiger partial charge on any atom is -0.493 e. The standard InChI is InChI=1S/C15H23NO2/c1-4-5-6-11-18-14-8-10-16(15(17)12-14)9-7-13(2)3/h7-8,10,12H,4-6,9,11H2,1-3H3. The van der Waals surface area contributed by atoms with E-state index in [1.165, 1.54) is 12.0 Å². The van der Waals surface area contributed by atoms with E-state index in [1.807, 2.05) is 26.0 Å². The molecule has 3 nitrogen and oxygen atoms in total. The lowest BCUT2D eigenvalue weighted by atomic mass is 10.3. The fraction of sp³-hybridized carbons (Fsp3) is 0.533. The average molecular weight is 249 g/mol. The quantitative estimate of drug-likeness (QED) is 0.548. The van der Waals surface area contributed by atoms with Crippen molar-refractivity contribution in [3.8, 4) is 5.75 Å². The second-order valence-corrected chi connectivity index (χ2v) is 4.69. The zero-order chi connectivity index (χ0) is 13.4. The Kier molecular flexibility index (Phi) is 6.26. The third-order valence-electron chi connectivity index (χ3n) is 2.68. The van der Waals surface area contributed by atoms with Gasteiger partial charge in [-0.2, -0.15) is 0 Å². The van der Waals surface area contributed by atoms with Crippen molar-refractivity contribution in [3.63, 3.8) is 0 Å². The van der Waals surface area contributed by atoms with Gasteiger partial charge in [-0.25, -0.2) is 0 Å². The van der Waals surface area contributed by atoms with E-state index in [0.717, 1.165) is 12.8 Å². The van der Waals surface area contributed by atoms with Crippen molar-refractivity contribution >= 4 is 0 Å². The maximum atomic E-state index is 11.8. The predicted molar refractivity (Wildman–Crippen MR) is 75.2 cm³/mol. The molecule has 0 atom stereocenters. The van der Waals surface area contributed by atoms with Gasteiger partial charge in [0.25, 0.3) is 5.56 Å². The van der Waals surface area contributed by atoms with E-state index < -0.39 is 0 Å². The summed E-state index contributed by atoms with van der Waals surface area (Å²) in [7, 11) is 0. The Balaban J connectivity index is 2.56. The smallest absolute Gasteiger partial charge is 0.254 e. The van der Waals surface area contributed by atoms with E-state index >= 15 is 0 Å². The minimum absolute atomic E-state index is 0.0134. The van der Waals surface area contributed by atoms with Crippen LogP contribution in [0.5, 0.6) is 5.75 Å². The summed E-state index contributed by atoms with van der Waals surface area (Å²) in [6, 6.07) is 3.41. The molecule has 1 rings (SSSR count). The maximum absolute atomic E-state index is 11.8. The molecule has 0 saturated carbocycles. The molecular formula is C15H23NO2. The van der Waals surface area contributed by atoms with Crippen LogP contribution in [0.2, 0.25) is 0 Å². The van der Waals surface area contributed by atoms with E-state index in [1.54, 1.807) is 16.8 Å². The Morgan fingerprint density at radius 1 is 1.39 bits per heavy atom. The summed E-state index contributed by atoms with van der Waals surface area (Å²) in [6.07, 6.45) is 7.20. The van der Waals surface area contributed by atoms with Gasteiger partial charge in [0, 0.05) is 18.8 Å². The van der Waals surface area contributed by atoms with Gasteiger partial charge in [0.05, 0.1) is 6.61 Å². The Bertz CT molecular complexity index is 442. The highest BCUT2D eigenvalue weighted by atomic mass is 16.5. The molecule has 1 aromatic heterocycles. The molecule has 0 unspecified atom stereocenters. The molecule has 3 heteroatoms. The zero-order valence-corrected chi connectivity index (χ0v) is 11.6. The summed E-state index contributed by atoms with van der Waals surface area (Å²) < 4.78 is 7.21. The largest absolute Gasteiger partial charge is 0.493 e. The number of hydrogen-bond donors (Lipinski definition) is 0. The number of pyridine rings is 1. The molecule has 0 aliphatic heterocycles. The van der Waals surface area contributed by atoms with Gasteiger partial charge in [0.2, 0.25) is 0 Å². The van der Waals surface area contributed by atoms with E-state index in [0.29, 0.717) is 18.9 Å². The molecule has 0 saturated heterocycles. The van der Waals surface area contributed by atoms with E-state index in [2.05, 4.69) is 6.92 Å². The Morgan fingerprint density at radius 2 is 2.17 bits per heavy atom. The van der Waals surface area contributed by atoms with Gasteiger partial charge < -0.3 is 9.30 Å². The highest BCUT2D eigenvalue weighted by Crippen LogP contribution is 2.07. The minimum atomic E-state index is -0.0134. The van der Waals surface area contributed by atoms with Crippen molar-refractivity contribution in [2.24, 2.45) is 0 Å². The summed E-state index contributed by atoms with van der Waals surface area (Å²) in [5, 5.41) is 0. The molecule has 100 valence electrons. The molecule has 0 amide bonds. The van der Waals surface area contributed by atoms with E-state index in [-0.39, 0.29) is 5.56 Å². The molecule has 0 fully saturated rings. The highest BCUT2D eigenvalue weighted by molar-refractivity contribution is 5.18. The van der Waals surface area contributed by atoms with Crippen LogP contribution in [-0.2, 0) is 6.54 Å². The van der Waals surface area contributed by atoms with Gasteiger partial charge in [-0.05, 0) is 26.3 Å². The van der Waals surface area contributed by atoms with Gasteiger partial charge >= 0.3 is 0 Å². The molecule has 0 spiro atoms. The van der Waals surface area contributed by atoms with E-state index in [4.69, 9.17) is 4.74 Å². The van der Waals surface area contributed by atoms with Crippen molar-refractivity contribution in [1.29, 1.82) is 0 Å². The predicted octanol–water partition coefficient (Wildman–Crippen LogP) is 3.38. The molecule has 0 aliphatic rings. The second kappa shape index (κ2) is 7.75. The van der Waals surface area contributed by atoms with Crippen LogP contribution in [0.15, 0.2) is 34.8 Å². The molecule has 1 aromatic rings. The summed E-state index contributed by atoms with van der Waals surface area (Å²) in [4.78, 5) is 11.8. The Hall–Kier alpha value is -1.51. The molecule has 0 aromatic carbocycles. The summed E-state index contributed by atoms with van der Waals surface area (Å²) in [5.41, 5.74) is 1.20. The van der Waals surface area contributed by atoms with Gasteiger partial charge in [0.15, 0.2) is 0 Å². The molecule has 0 bridgehead atoms. The lowest BCUT2D eigenvalue weighted by molar-refractivity contribution is 0.305. The zero-order valence-electron chi connectivity index (χ0n) is 11.6. The maximum Gasteiger partial charge on any atom is 0.254 e. The molecule has 0 N–H and O–H groups in total. The lowest BCUT2D eigenvalue weighted by Crippen LogP contribution is -2.18. The van der Waals surface area contributed by atoms with Crippen LogP contribution < -0.4 is 10.3 Å². The molecule has 18 heavy (non-hydrogen) atoms. The van der Waals surface area contributed by atoms with Crippen LogP contribution in [0.25, 0.3) is 0 Å². The summed E-state index contributed by atoms with van der Waals surface area (Å²) in [6.45, 7) is 7.51. The van der Waals surface area contributed by atoms with Crippen molar-refractivity contribution < 1.29 is 4.74 Å². The number of ether oxygens (including phenoxy) is 1. The van der Waals surface area contributed by atoms with Crippen LogP contribution in [0, 0.1) is 0 Å². The topological polar surface area (TPSA) is 31.2 Å². The fourth-order valence-corrected chi connectivity index (χ4v) is 1.55. The summed E-state index contributed by atoms with van der Waals surface area (Å²) in [5.74, 6) is 0.671. The van der Waals surface area contributed by atoms with Gasteiger partial charge in [0.1, 0.15) is 5.75 Å². The summed E-state index contributed by atoms with van der Waals surface area (Å²) >= 11 is 0. The first-order valence-corrected chi connectivity index (χ1v) is 6.60. The average Bonchev–Trinajstić information content (AvgIpc) is 2.33. The van der Waals surface area contributed by atoms with Gasteiger partial charge in [-0.3, -0.25) is 4.79 Å². The number of rotatable bonds is 7. The second-order valence-electron chi connectivity index (χ2n) is 4.69. The van der Waals surface area contributed by atoms with Crippen molar-refractivity contribution in [2.45, 2.75) is 46.6 Å². The van der Waals surface area contributed by atoms with Crippen molar-refractivity contribution in [1.82, 2.24) is 4.57 Å². The Labute approximate surface area is 109 Å². The molecule has 0 radical (unpaired) electrons. The lowest BCUT2D eigenvalue weighted by Gasteiger charge is -2.07. The SMILES string of the molecule is CCCCCOc1ccn(CC=C(C)C)c(=O)c1. The fourth-order valence-electron chi connectivity index (χ4n) is 1.55. The molecular weight excluding hydrogens is 226 g/mol. The third kappa shape index (κ3) is 5.21. The van der Waals surface area contributed by atoms with Gasteiger partial charge in [-0.15, -0.1) is 0 Å². The highest BCUT2D eigenvalue weighted by Gasteiger charge is 1.98. The van der Waals surface area contributed by atoms with Crippen molar-refractivity contribution in [2.75, 3.05) is 6.61 Å². The number of nitrogens with zero attached hydrogens (tertiary/aromatic N) is 1. The number of aromatic nitrogens is 1. The van der Waals surface area contributed by atoms with Crippen LogP contribution >= 0.6 is 0 Å². The molecule has 1 heterocycles. The Morgan fingerprint density at radius 3 is 2.78 bits per heavy atom. The van der Waals surface area contributed by atoms with Gasteiger partial charge in [-0.1, -0.05) is 31.4 Å². The van der Waals surface area contributed by atoms with Crippen LogP contribution in [-0.4, -0.2) is 11.2 Å². The van der Waals surface area contributed by atoms with E-state index in [9.17, 15) is 4.79 Å². The number of unbranched alkanes of at least 4 members (excludes halogenated alkanes) is 2. The first-order valence-electron chi connectivity index (χ1n) is 6.60. The number of allylic oxidation sites excluding steroid dienone is 2. The molecule has 0 aliphatic carbocycles. The van der Waals surface area contributed by atoms with Crippen LogP contribution in [0.1, 0.15) is 40.0 Å². The number of hydrogen-bond acceptors (Lipinski definition) is 2. The monoisotopic (exact) mass is 249 g/mol. The normalized spacial score (nSPS) is 10.2. The van der Waals surface area contributed by atoms with Crippen LogP contribution in [0.3, 0.4) is 0 Å². The van der Waals surface area contributed by atoms with Crippen LogP contribution in [0.4, 0.5) is 0 Å². The first kappa shape index (κ1) is 14.6.